The number of ether oxygens (including phenoxy) is 2. The number of H-pyrrole nitrogens is 1. The third-order valence-corrected chi connectivity index (χ3v) is 7.59. The maximum atomic E-state index is 15.0. The van der Waals surface area contributed by atoms with Crippen LogP contribution in [0, 0.1) is 11.6 Å². The molecule has 2 aromatic heterocycles. The van der Waals surface area contributed by atoms with E-state index in [9.17, 15) is 9.90 Å². The molecule has 0 radical (unpaired) electrons. The van der Waals surface area contributed by atoms with Crippen LogP contribution in [-0.2, 0) is 6.54 Å². The lowest BCUT2D eigenvalue weighted by molar-refractivity contribution is 0.0519. The number of benzene rings is 2. The number of nitrogens with one attached hydrogen (secondary N) is 1. The minimum absolute atomic E-state index is 0.0175. The molecule has 0 bridgehead atoms. The van der Waals surface area contributed by atoms with Gasteiger partial charge in [0.05, 0.1) is 37.1 Å². The lowest BCUT2D eigenvalue weighted by Crippen LogP contribution is -2.39. The van der Waals surface area contributed by atoms with Gasteiger partial charge in [-0.1, -0.05) is 6.07 Å². The number of aromatic nitrogens is 3. The van der Waals surface area contributed by atoms with Crippen LogP contribution in [0.1, 0.15) is 41.6 Å². The van der Waals surface area contributed by atoms with Crippen LogP contribution >= 0.6 is 0 Å². The van der Waals surface area contributed by atoms with Crippen LogP contribution in [0.2, 0.25) is 0 Å². The summed E-state index contributed by atoms with van der Waals surface area (Å²) in [6.45, 7) is 0.518. The van der Waals surface area contributed by atoms with E-state index in [1.54, 1.807) is 0 Å². The normalized spacial score (nSPS) is 19.2. The second-order valence-electron chi connectivity index (χ2n) is 9.74. The molecule has 8 nitrogen and oxygen atoms in total. The number of carbonyl (C=O) groups excluding carboxylic acids is 1. The number of carbonyl (C=O) groups is 1. The quantitative estimate of drug-likeness (QED) is 0.390. The van der Waals surface area contributed by atoms with Gasteiger partial charge in [-0.3, -0.25) is 14.9 Å². The number of fused-ring (bicyclic) bond motifs is 2. The van der Waals surface area contributed by atoms with Gasteiger partial charge in [0.1, 0.15) is 5.69 Å². The average molecular weight is 521 g/mol. The molecule has 196 valence electrons. The Bertz CT molecular complexity index is 1530. The summed E-state index contributed by atoms with van der Waals surface area (Å²) in [7, 11) is 2.58. The van der Waals surface area contributed by atoms with Gasteiger partial charge in [0, 0.05) is 41.4 Å². The van der Waals surface area contributed by atoms with Gasteiger partial charge in [0.25, 0.3) is 5.91 Å². The third-order valence-electron chi connectivity index (χ3n) is 7.59. The van der Waals surface area contributed by atoms with Gasteiger partial charge in [-0.15, -0.1) is 0 Å². The largest absolute Gasteiger partial charge is 0.494 e. The summed E-state index contributed by atoms with van der Waals surface area (Å²) in [6, 6.07) is 8.44. The molecule has 10 heteroatoms. The maximum Gasteiger partial charge on any atom is 0.254 e. The van der Waals surface area contributed by atoms with Crippen LogP contribution in [0.25, 0.3) is 33.4 Å². The molecule has 2 N–H and O–H groups in total. The van der Waals surface area contributed by atoms with E-state index >= 15 is 8.78 Å². The van der Waals surface area contributed by atoms with Crippen molar-refractivity contribution < 1.29 is 28.2 Å². The zero-order chi connectivity index (χ0) is 26.6. The van der Waals surface area contributed by atoms with Gasteiger partial charge in [-0.05, 0) is 49.4 Å². The predicted molar refractivity (Wildman–Crippen MR) is 136 cm³/mol. The molecule has 1 saturated carbocycles. The van der Waals surface area contributed by atoms with Crippen LogP contribution < -0.4 is 9.47 Å². The number of aromatic amines is 1. The minimum atomic E-state index is -0.877. The molecule has 1 fully saturated rings. The molecule has 0 atom stereocenters. The van der Waals surface area contributed by atoms with Crippen LogP contribution in [0.15, 0.2) is 36.5 Å². The molecule has 0 spiro atoms. The van der Waals surface area contributed by atoms with Gasteiger partial charge >= 0.3 is 0 Å². The topological polar surface area (TPSA) is 101 Å². The summed E-state index contributed by atoms with van der Waals surface area (Å²) in [6.07, 6.45) is 4.25. The number of rotatable bonds is 5. The van der Waals surface area contributed by atoms with Crippen molar-refractivity contribution in [3.8, 4) is 34.0 Å². The highest BCUT2D eigenvalue weighted by atomic mass is 19.1. The summed E-state index contributed by atoms with van der Waals surface area (Å²) >= 11 is 0. The first-order valence-electron chi connectivity index (χ1n) is 12.5. The average Bonchev–Trinajstić information content (AvgIpc) is 3.50. The highest BCUT2D eigenvalue weighted by Crippen LogP contribution is 2.39. The van der Waals surface area contributed by atoms with Gasteiger partial charge in [-0.2, -0.15) is 5.10 Å². The zero-order valence-corrected chi connectivity index (χ0v) is 20.9. The molecule has 3 heterocycles. The number of methoxy groups -OCH3 is 2. The van der Waals surface area contributed by atoms with E-state index in [0.717, 1.165) is 30.0 Å². The van der Waals surface area contributed by atoms with Crippen molar-refractivity contribution in [2.75, 3.05) is 14.2 Å². The van der Waals surface area contributed by atoms with Crippen molar-refractivity contribution in [3.63, 3.8) is 0 Å². The van der Waals surface area contributed by atoms with Crippen molar-refractivity contribution in [2.45, 2.75) is 44.4 Å². The summed E-state index contributed by atoms with van der Waals surface area (Å²) in [5.74, 6) is -2.05. The van der Waals surface area contributed by atoms with E-state index in [2.05, 4.69) is 15.2 Å². The number of aliphatic hydroxyl groups is 1. The smallest absolute Gasteiger partial charge is 0.254 e. The van der Waals surface area contributed by atoms with Crippen LogP contribution in [0.5, 0.6) is 11.5 Å². The lowest BCUT2D eigenvalue weighted by atomic mass is 9.92. The van der Waals surface area contributed by atoms with Gasteiger partial charge in [0.15, 0.2) is 23.1 Å². The summed E-state index contributed by atoms with van der Waals surface area (Å²) in [4.78, 5) is 19.3. The van der Waals surface area contributed by atoms with Crippen molar-refractivity contribution in [1.29, 1.82) is 0 Å². The molecule has 2 aromatic carbocycles. The van der Waals surface area contributed by atoms with E-state index in [0.29, 0.717) is 41.5 Å². The first-order chi connectivity index (χ1) is 18.4. The number of nitrogens with zero attached hydrogens (tertiary/aromatic N) is 3. The van der Waals surface area contributed by atoms with Gasteiger partial charge in [0.2, 0.25) is 0 Å². The van der Waals surface area contributed by atoms with E-state index < -0.39 is 11.6 Å². The number of hydrogen-bond donors (Lipinski definition) is 2. The van der Waals surface area contributed by atoms with Crippen LogP contribution in [-0.4, -0.2) is 57.5 Å². The van der Waals surface area contributed by atoms with E-state index in [1.165, 1.54) is 26.5 Å². The molecule has 4 aromatic rings. The van der Waals surface area contributed by atoms with Crippen molar-refractivity contribution in [3.05, 3.63) is 59.3 Å². The van der Waals surface area contributed by atoms with Crippen molar-refractivity contribution in [2.24, 2.45) is 0 Å². The summed E-state index contributed by atoms with van der Waals surface area (Å²) < 4.78 is 40.1. The molecular weight excluding hydrogens is 494 g/mol. The van der Waals surface area contributed by atoms with E-state index in [4.69, 9.17) is 9.47 Å². The Balaban J connectivity index is 1.33. The third kappa shape index (κ3) is 3.87. The lowest BCUT2D eigenvalue weighted by Gasteiger charge is -2.32. The number of aliphatic hydroxyl groups excluding tert-OH is 1. The molecule has 1 amide bonds. The fourth-order valence-corrected chi connectivity index (χ4v) is 5.54. The first kappa shape index (κ1) is 24.3. The van der Waals surface area contributed by atoms with Crippen LogP contribution in [0.4, 0.5) is 8.78 Å². The fourth-order valence-electron chi connectivity index (χ4n) is 5.54. The van der Waals surface area contributed by atoms with Crippen LogP contribution in [0.3, 0.4) is 0 Å². The molecule has 6 rings (SSSR count). The number of hydrogen-bond acceptors (Lipinski definition) is 6. The second-order valence-corrected chi connectivity index (χ2v) is 9.74. The molecule has 1 aliphatic heterocycles. The molecule has 2 aliphatic rings. The van der Waals surface area contributed by atoms with E-state index in [-0.39, 0.29) is 40.8 Å². The minimum Gasteiger partial charge on any atom is -0.494 e. The second kappa shape index (κ2) is 9.36. The van der Waals surface area contributed by atoms with Crippen molar-refractivity contribution >= 4 is 16.8 Å². The molecule has 1 aliphatic carbocycles. The van der Waals surface area contributed by atoms with E-state index in [1.807, 2.05) is 23.1 Å². The Morgan fingerprint density at radius 3 is 2.42 bits per heavy atom. The summed E-state index contributed by atoms with van der Waals surface area (Å²) in [5.41, 5.74) is 3.28. The van der Waals surface area contributed by atoms with Gasteiger partial charge < -0.3 is 19.5 Å². The molecule has 0 unspecified atom stereocenters. The Morgan fingerprint density at radius 1 is 1.03 bits per heavy atom. The fraction of sp³-hybridized carbons (Fsp3) is 0.321. The zero-order valence-electron chi connectivity index (χ0n) is 20.9. The van der Waals surface area contributed by atoms with Gasteiger partial charge in [-0.25, -0.2) is 8.78 Å². The molecule has 0 saturated heterocycles. The monoisotopic (exact) mass is 520 g/mol. The molecule has 38 heavy (non-hydrogen) atoms. The highest BCUT2D eigenvalue weighted by Gasteiger charge is 2.35. The molecular formula is C28H26F2N4O4. The number of pyridine rings is 1. The number of halogens is 2. The SMILES string of the molecule is COc1cc(OC)c(F)c(-c2cc3[nH]nc(-c4ccc5c(c4)CN([C@H]4CC[C@H](O)CC4)C5=O)c3cn2)c1F. The maximum absolute atomic E-state index is 15.0. The standard InChI is InChI=1S/C28H26F2N4O4/c1-37-22-11-23(38-2)26(30)24(25(22)29)21-10-20-19(12-31-21)27(33-32-20)14-3-8-18-15(9-14)13-34(28(18)36)16-4-6-17(35)7-5-16/h3,8-12,16-17,35H,4-7,13H2,1-2H3,(H,32,33)/t16-,17-. The Kier molecular flexibility index (Phi) is 5.98. The predicted octanol–water partition coefficient (Wildman–Crippen LogP) is 4.85. The Labute approximate surface area is 217 Å². The Hall–Kier alpha value is -4.05. The summed E-state index contributed by atoms with van der Waals surface area (Å²) in [5, 5.41) is 17.9. The first-order valence-corrected chi connectivity index (χ1v) is 12.5. The highest BCUT2D eigenvalue weighted by molar-refractivity contribution is 6.00. The van der Waals surface area contributed by atoms with Crippen molar-refractivity contribution in [1.82, 2.24) is 20.1 Å². The number of amides is 1. The Morgan fingerprint density at radius 2 is 1.74 bits per heavy atom.